The molecule has 0 spiro atoms. The largest absolute Gasteiger partial charge is 0.368 e. The molecule has 2 aromatic rings. The summed E-state index contributed by atoms with van der Waals surface area (Å²) in [7, 11) is 3.79. The molecular weight excluding hydrogens is 477 g/mol. The van der Waals surface area contributed by atoms with E-state index in [1.54, 1.807) is 0 Å². The molecule has 27 heavy (non-hydrogen) atoms. The third kappa shape index (κ3) is 5.04. The van der Waals surface area contributed by atoms with Crippen molar-refractivity contribution in [3.63, 3.8) is 0 Å². The first-order valence-electron chi connectivity index (χ1n) is 8.81. The van der Waals surface area contributed by atoms with Crippen molar-refractivity contribution in [2.45, 2.75) is 20.4 Å². The zero-order chi connectivity index (χ0) is 18.7. The van der Waals surface area contributed by atoms with Crippen LogP contribution in [0, 0.1) is 13.8 Å². The summed E-state index contributed by atoms with van der Waals surface area (Å²) < 4.78 is 1.99. The molecule has 0 saturated carbocycles. The lowest BCUT2D eigenvalue weighted by molar-refractivity contribution is 0.371. The fourth-order valence-electron chi connectivity index (χ4n) is 3.18. The molecule has 1 aromatic heterocycles. The number of guanidine groups is 1. The number of piperazine rings is 1. The van der Waals surface area contributed by atoms with Gasteiger partial charge in [0.05, 0.1) is 6.54 Å². The van der Waals surface area contributed by atoms with Crippen LogP contribution in [-0.2, 0) is 13.6 Å². The molecule has 7 nitrogen and oxygen atoms in total. The maximum atomic E-state index is 6.17. The van der Waals surface area contributed by atoms with Gasteiger partial charge in [-0.05, 0) is 31.5 Å². The Kier molecular flexibility index (Phi) is 7.72. The number of rotatable bonds is 3. The molecule has 148 valence electrons. The fourth-order valence-corrected chi connectivity index (χ4v) is 3.34. The molecule has 3 rings (SSSR count). The molecular formula is C18H27ClIN7. The highest BCUT2D eigenvalue weighted by Gasteiger charge is 2.21. The minimum absolute atomic E-state index is 0. The van der Waals surface area contributed by atoms with E-state index in [-0.39, 0.29) is 24.0 Å². The average molecular weight is 504 g/mol. The summed E-state index contributed by atoms with van der Waals surface area (Å²) in [5.74, 6) is 2.70. The Bertz CT molecular complexity index is 797. The number of hydrogen-bond donors (Lipinski definition) is 1. The Morgan fingerprint density at radius 2 is 1.89 bits per heavy atom. The van der Waals surface area contributed by atoms with Crippen LogP contribution in [0.5, 0.6) is 0 Å². The predicted octanol–water partition coefficient (Wildman–Crippen LogP) is 2.60. The van der Waals surface area contributed by atoms with E-state index in [1.165, 1.54) is 11.3 Å². The minimum atomic E-state index is 0. The van der Waals surface area contributed by atoms with Gasteiger partial charge in [0.25, 0.3) is 0 Å². The van der Waals surface area contributed by atoms with Crippen molar-refractivity contribution in [3.05, 3.63) is 40.4 Å². The number of nitrogens with one attached hydrogen (secondary N) is 1. The van der Waals surface area contributed by atoms with Crippen molar-refractivity contribution in [1.82, 2.24) is 25.0 Å². The number of anilines is 1. The van der Waals surface area contributed by atoms with E-state index in [0.717, 1.165) is 48.8 Å². The van der Waals surface area contributed by atoms with Gasteiger partial charge < -0.3 is 19.7 Å². The van der Waals surface area contributed by atoms with Gasteiger partial charge in [0.1, 0.15) is 5.82 Å². The quantitative estimate of drug-likeness (QED) is 0.396. The number of benzene rings is 1. The third-order valence-electron chi connectivity index (χ3n) is 4.89. The van der Waals surface area contributed by atoms with Gasteiger partial charge in [0, 0.05) is 51.0 Å². The number of halogens is 2. The lowest BCUT2D eigenvalue weighted by Gasteiger charge is -2.38. The van der Waals surface area contributed by atoms with Crippen molar-refractivity contribution in [2.75, 3.05) is 38.1 Å². The van der Waals surface area contributed by atoms with E-state index in [0.29, 0.717) is 6.54 Å². The standard InChI is InChI=1S/C18H26ClN7.HI/c1-13-5-6-15(19)11-16(13)25-7-9-26(10-8-25)18(20-3)21-12-17-23-22-14(2)24(17)4;/h5-6,11H,7-10,12H2,1-4H3,(H,20,21);1H. The summed E-state index contributed by atoms with van der Waals surface area (Å²) in [6.07, 6.45) is 0. The van der Waals surface area contributed by atoms with Crippen LogP contribution in [0.15, 0.2) is 23.2 Å². The van der Waals surface area contributed by atoms with Crippen molar-refractivity contribution in [1.29, 1.82) is 0 Å². The first-order chi connectivity index (χ1) is 12.5. The van der Waals surface area contributed by atoms with Gasteiger partial charge in [-0.1, -0.05) is 17.7 Å². The number of hydrogen-bond acceptors (Lipinski definition) is 4. The van der Waals surface area contributed by atoms with Gasteiger partial charge in [-0.2, -0.15) is 0 Å². The fraction of sp³-hybridized carbons (Fsp3) is 0.500. The molecule has 1 aliphatic heterocycles. The van der Waals surface area contributed by atoms with Gasteiger partial charge in [0.2, 0.25) is 0 Å². The van der Waals surface area contributed by atoms with Crippen LogP contribution in [0.1, 0.15) is 17.2 Å². The summed E-state index contributed by atoms with van der Waals surface area (Å²) in [6.45, 7) is 8.37. The zero-order valence-corrected chi connectivity index (χ0v) is 19.3. The van der Waals surface area contributed by atoms with Gasteiger partial charge >= 0.3 is 0 Å². The monoisotopic (exact) mass is 503 g/mol. The lowest BCUT2D eigenvalue weighted by Crippen LogP contribution is -2.52. The van der Waals surface area contributed by atoms with Crippen molar-refractivity contribution in [2.24, 2.45) is 12.0 Å². The summed E-state index contributed by atoms with van der Waals surface area (Å²) in [5, 5.41) is 12.5. The summed E-state index contributed by atoms with van der Waals surface area (Å²) in [4.78, 5) is 9.09. The Hall–Kier alpha value is -1.55. The molecule has 0 unspecified atom stereocenters. The molecule has 0 radical (unpaired) electrons. The van der Waals surface area contributed by atoms with E-state index in [1.807, 2.05) is 31.7 Å². The van der Waals surface area contributed by atoms with Crippen molar-refractivity contribution in [3.8, 4) is 0 Å². The first kappa shape index (κ1) is 21.7. The smallest absolute Gasteiger partial charge is 0.194 e. The average Bonchev–Trinajstić information content (AvgIpc) is 2.97. The number of aryl methyl sites for hydroxylation is 2. The number of aromatic nitrogens is 3. The van der Waals surface area contributed by atoms with Crippen LogP contribution in [0.2, 0.25) is 5.02 Å². The zero-order valence-electron chi connectivity index (χ0n) is 16.2. The molecule has 1 aromatic carbocycles. The highest BCUT2D eigenvalue weighted by atomic mass is 127. The van der Waals surface area contributed by atoms with Gasteiger partial charge in [-0.15, -0.1) is 34.2 Å². The summed E-state index contributed by atoms with van der Waals surface area (Å²) in [5.41, 5.74) is 2.47. The van der Waals surface area contributed by atoms with Crippen LogP contribution >= 0.6 is 35.6 Å². The molecule has 1 saturated heterocycles. The summed E-state index contributed by atoms with van der Waals surface area (Å²) >= 11 is 6.17. The number of nitrogens with zero attached hydrogens (tertiary/aromatic N) is 6. The van der Waals surface area contributed by atoms with Crippen LogP contribution in [-0.4, -0.2) is 58.9 Å². The van der Waals surface area contributed by atoms with Crippen LogP contribution in [0.4, 0.5) is 5.69 Å². The van der Waals surface area contributed by atoms with Crippen molar-refractivity contribution < 1.29 is 0 Å². The SMILES string of the molecule is CN=C(NCc1nnc(C)n1C)N1CCN(c2cc(Cl)ccc2C)CC1.I. The van der Waals surface area contributed by atoms with E-state index >= 15 is 0 Å². The number of aliphatic imine (C=N–C) groups is 1. The minimum Gasteiger partial charge on any atom is -0.368 e. The van der Waals surface area contributed by atoms with E-state index in [9.17, 15) is 0 Å². The molecule has 2 heterocycles. The van der Waals surface area contributed by atoms with Gasteiger partial charge in [0.15, 0.2) is 11.8 Å². The van der Waals surface area contributed by atoms with E-state index < -0.39 is 0 Å². The highest BCUT2D eigenvalue weighted by Crippen LogP contribution is 2.25. The van der Waals surface area contributed by atoms with Crippen LogP contribution in [0.3, 0.4) is 0 Å². The molecule has 1 fully saturated rings. The second kappa shape index (κ2) is 9.59. The molecule has 1 N–H and O–H groups in total. The van der Waals surface area contributed by atoms with Crippen molar-refractivity contribution >= 4 is 47.2 Å². The van der Waals surface area contributed by atoms with Crippen LogP contribution < -0.4 is 10.2 Å². The molecule has 0 bridgehead atoms. The first-order valence-corrected chi connectivity index (χ1v) is 9.19. The van der Waals surface area contributed by atoms with E-state index in [4.69, 9.17) is 11.6 Å². The second-order valence-electron chi connectivity index (χ2n) is 6.53. The van der Waals surface area contributed by atoms with Gasteiger partial charge in [-0.25, -0.2) is 0 Å². The molecule has 1 aliphatic rings. The topological polar surface area (TPSA) is 61.6 Å². The molecule has 9 heteroatoms. The maximum Gasteiger partial charge on any atom is 0.194 e. The normalized spacial score (nSPS) is 14.9. The Balaban J connectivity index is 0.00000261. The second-order valence-corrected chi connectivity index (χ2v) is 6.96. The lowest BCUT2D eigenvalue weighted by atomic mass is 10.1. The highest BCUT2D eigenvalue weighted by molar-refractivity contribution is 14.0. The van der Waals surface area contributed by atoms with E-state index in [2.05, 4.69) is 49.4 Å². The molecule has 0 atom stereocenters. The Labute approximate surface area is 182 Å². The molecule has 0 aliphatic carbocycles. The van der Waals surface area contributed by atoms with Gasteiger partial charge in [-0.3, -0.25) is 4.99 Å². The Morgan fingerprint density at radius 1 is 1.19 bits per heavy atom. The predicted molar refractivity (Wildman–Crippen MR) is 121 cm³/mol. The third-order valence-corrected chi connectivity index (χ3v) is 5.13. The maximum absolute atomic E-state index is 6.17. The Morgan fingerprint density at radius 3 is 2.48 bits per heavy atom. The summed E-state index contributed by atoms with van der Waals surface area (Å²) in [6, 6.07) is 6.07. The molecule has 0 amide bonds. The van der Waals surface area contributed by atoms with Crippen LogP contribution in [0.25, 0.3) is 0 Å².